The Morgan fingerprint density at radius 1 is 0.639 bits per heavy atom. The van der Waals surface area contributed by atoms with Crippen LogP contribution in [0.15, 0.2) is 78.9 Å². The molecule has 3 aromatic carbocycles. The zero-order valence-electron chi connectivity index (χ0n) is 20.6. The lowest BCUT2D eigenvalue weighted by Gasteiger charge is -2.39. The van der Waals surface area contributed by atoms with Gasteiger partial charge in [0.25, 0.3) is 0 Å². The molecule has 0 amide bonds. The lowest BCUT2D eigenvalue weighted by Crippen LogP contribution is -2.55. The summed E-state index contributed by atoms with van der Waals surface area (Å²) >= 11 is 0. The van der Waals surface area contributed by atoms with E-state index in [0.717, 1.165) is 28.2 Å². The molecule has 0 unspecified atom stereocenters. The van der Waals surface area contributed by atoms with Gasteiger partial charge < -0.3 is 33.2 Å². The van der Waals surface area contributed by atoms with Crippen molar-refractivity contribution in [3.63, 3.8) is 0 Å². The van der Waals surface area contributed by atoms with E-state index < -0.39 is 12.4 Å². The molecule has 190 valence electrons. The maximum atomic E-state index is 6.37. The van der Waals surface area contributed by atoms with Crippen LogP contribution < -0.4 is 9.47 Å². The number of ether oxygens (including phenoxy) is 7. The summed E-state index contributed by atoms with van der Waals surface area (Å²) in [5.74, 6) is 1.62. The third-order valence-corrected chi connectivity index (χ3v) is 6.50. The van der Waals surface area contributed by atoms with E-state index >= 15 is 0 Å². The number of hydrogen-bond donors (Lipinski definition) is 0. The van der Waals surface area contributed by atoms with E-state index in [1.807, 2.05) is 78.9 Å². The fraction of sp³-hybridized carbons (Fsp3) is 0.379. The average molecular weight is 493 g/mol. The van der Waals surface area contributed by atoms with Crippen molar-refractivity contribution in [2.24, 2.45) is 0 Å². The molecule has 36 heavy (non-hydrogen) atoms. The highest BCUT2D eigenvalue weighted by Gasteiger charge is 2.53. The number of methoxy groups -OCH3 is 2. The molecule has 0 saturated carbocycles. The standard InChI is InChI=1S/C29H32O7/c1-30-23-12-8-21(9-13-23)16-32-26-25-19-34-27(26)28(33-17-22-10-14-24(31-2)15-11-22)29(36-25)35-18-20-6-4-3-5-7-20/h3-15,25-29H,16-19H2,1-2H3/t25-,26-,27+,28+,29+/m1/s1. The molecule has 5 rings (SSSR count). The minimum Gasteiger partial charge on any atom is -0.497 e. The third-order valence-electron chi connectivity index (χ3n) is 6.50. The zero-order chi connectivity index (χ0) is 24.7. The van der Waals surface area contributed by atoms with E-state index in [-0.39, 0.29) is 18.3 Å². The molecule has 0 aliphatic carbocycles. The SMILES string of the molecule is COc1ccc(CO[C@@H]2[C@@H](OCc3ccccc3)O[C@@H]3CO[C@H]2[C@@H]3OCc2ccc(OC)cc2)cc1. The van der Waals surface area contributed by atoms with Crippen molar-refractivity contribution in [2.45, 2.75) is 50.5 Å². The molecule has 2 aliphatic rings. The van der Waals surface area contributed by atoms with Crippen molar-refractivity contribution in [3.05, 3.63) is 95.6 Å². The van der Waals surface area contributed by atoms with Gasteiger partial charge in [-0.3, -0.25) is 0 Å². The number of benzene rings is 3. The van der Waals surface area contributed by atoms with Crippen LogP contribution in [0.3, 0.4) is 0 Å². The molecule has 0 radical (unpaired) electrons. The molecule has 7 nitrogen and oxygen atoms in total. The van der Waals surface area contributed by atoms with Gasteiger partial charge in [-0.15, -0.1) is 0 Å². The molecule has 2 fully saturated rings. The lowest BCUT2D eigenvalue weighted by atomic mass is 10.0. The minimum atomic E-state index is -0.568. The number of fused-ring (bicyclic) bond motifs is 2. The average Bonchev–Trinajstić information content (AvgIpc) is 3.24. The molecule has 2 saturated heterocycles. The third kappa shape index (κ3) is 5.88. The Hall–Kier alpha value is -2.94. The second-order valence-corrected chi connectivity index (χ2v) is 8.88. The summed E-state index contributed by atoms with van der Waals surface area (Å²) < 4.78 is 41.9. The van der Waals surface area contributed by atoms with Gasteiger partial charge in [-0.05, 0) is 41.0 Å². The first kappa shape index (κ1) is 24.7. The summed E-state index contributed by atoms with van der Waals surface area (Å²) in [6.07, 6.45) is -1.81. The van der Waals surface area contributed by atoms with E-state index in [0.29, 0.717) is 26.4 Å². The van der Waals surface area contributed by atoms with Crippen LogP contribution in [0.5, 0.6) is 11.5 Å². The second-order valence-electron chi connectivity index (χ2n) is 8.88. The van der Waals surface area contributed by atoms with Gasteiger partial charge in [-0.2, -0.15) is 0 Å². The Labute approximate surface area is 211 Å². The van der Waals surface area contributed by atoms with E-state index in [4.69, 9.17) is 33.2 Å². The molecule has 5 atom stereocenters. The topological polar surface area (TPSA) is 64.6 Å². The predicted molar refractivity (Wildman–Crippen MR) is 133 cm³/mol. The zero-order valence-corrected chi connectivity index (χ0v) is 20.6. The summed E-state index contributed by atoms with van der Waals surface area (Å²) in [5.41, 5.74) is 3.14. The van der Waals surface area contributed by atoms with Gasteiger partial charge in [-0.25, -0.2) is 0 Å². The van der Waals surface area contributed by atoms with Crippen LogP contribution in [0.1, 0.15) is 16.7 Å². The molecule has 2 heterocycles. The Morgan fingerprint density at radius 2 is 1.17 bits per heavy atom. The molecule has 0 aromatic heterocycles. The molecule has 2 bridgehead atoms. The smallest absolute Gasteiger partial charge is 0.187 e. The van der Waals surface area contributed by atoms with Crippen molar-refractivity contribution in [3.8, 4) is 11.5 Å². The molecule has 7 heteroatoms. The summed E-state index contributed by atoms with van der Waals surface area (Å²) in [7, 11) is 3.31. The van der Waals surface area contributed by atoms with Gasteiger partial charge in [0.15, 0.2) is 6.29 Å². The van der Waals surface area contributed by atoms with Gasteiger partial charge in [0, 0.05) is 0 Å². The van der Waals surface area contributed by atoms with Crippen LogP contribution in [-0.4, -0.2) is 51.5 Å². The van der Waals surface area contributed by atoms with Gasteiger partial charge in [0.05, 0.1) is 40.6 Å². The van der Waals surface area contributed by atoms with Crippen molar-refractivity contribution < 1.29 is 33.2 Å². The maximum Gasteiger partial charge on any atom is 0.187 e. The fourth-order valence-electron chi connectivity index (χ4n) is 4.50. The fourth-order valence-corrected chi connectivity index (χ4v) is 4.50. The first-order valence-electron chi connectivity index (χ1n) is 12.1. The van der Waals surface area contributed by atoms with Gasteiger partial charge >= 0.3 is 0 Å². The predicted octanol–water partition coefficient (Wildman–Crippen LogP) is 4.51. The molecule has 0 N–H and O–H groups in total. The largest absolute Gasteiger partial charge is 0.497 e. The quantitative estimate of drug-likeness (QED) is 0.390. The summed E-state index contributed by atoms with van der Waals surface area (Å²) in [4.78, 5) is 0. The van der Waals surface area contributed by atoms with Crippen LogP contribution in [0.2, 0.25) is 0 Å². The van der Waals surface area contributed by atoms with Crippen molar-refractivity contribution in [1.82, 2.24) is 0 Å². The molecule has 0 spiro atoms. The van der Waals surface area contributed by atoms with E-state index in [9.17, 15) is 0 Å². The molecular formula is C29H32O7. The van der Waals surface area contributed by atoms with Crippen molar-refractivity contribution in [1.29, 1.82) is 0 Å². The Bertz CT molecular complexity index is 1070. The van der Waals surface area contributed by atoms with Crippen molar-refractivity contribution >= 4 is 0 Å². The lowest BCUT2D eigenvalue weighted by molar-refractivity contribution is -0.285. The summed E-state index contributed by atoms with van der Waals surface area (Å²) in [6.45, 7) is 1.68. The monoisotopic (exact) mass is 492 g/mol. The Morgan fingerprint density at radius 3 is 1.75 bits per heavy atom. The Kier molecular flexibility index (Phi) is 8.15. The van der Waals surface area contributed by atoms with Crippen LogP contribution >= 0.6 is 0 Å². The van der Waals surface area contributed by atoms with Gasteiger partial charge in [0.2, 0.25) is 0 Å². The number of hydrogen-bond acceptors (Lipinski definition) is 7. The van der Waals surface area contributed by atoms with E-state index in [1.165, 1.54) is 0 Å². The molecule has 3 aromatic rings. The van der Waals surface area contributed by atoms with Crippen LogP contribution in [0.4, 0.5) is 0 Å². The minimum absolute atomic E-state index is 0.227. The second kappa shape index (κ2) is 11.9. The molecular weight excluding hydrogens is 460 g/mol. The van der Waals surface area contributed by atoms with E-state index in [2.05, 4.69) is 0 Å². The first-order valence-corrected chi connectivity index (χ1v) is 12.1. The van der Waals surface area contributed by atoms with E-state index in [1.54, 1.807) is 14.2 Å². The van der Waals surface area contributed by atoms with Gasteiger partial charge in [0.1, 0.15) is 35.9 Å². The normalized spacial score (nSPS) is 25.0. The Balaban J connectivity index is 1.27. The van der Waals surface area contributed by atoms with Crippen LogP contribution in [0, 0.1) is 0 Å². The van der Waals surface area contributed by atoms with Gasteiger partial charge in [-0.1, -0.05) is 54.6 Å². The maximum absolute atomic E-state index is 6.37. The highest BCUT2D eigenvalue weighted by Crippen LogP contribution is 2.35. The summed E-state index contributed by atoms with van der Waals surface area (Å²) in [6, 6.07) is 25.7. The molecule has 2 aliphatic heterocycles. The highest BCUT2D eigenvalue weighted by atomic mass is 16.7. The highest BCUT2D eigenvalue weighted by molar-refractivity contribution is 5.27. The van der Waals surface area contributed by atoms with Crippen molar-refractivity contribution in [2.75, 3.05) is 20.8 Å². The van der Waals surface area contributed by atoms with Crippen LogP contribution in [0.25, 0.3) is 0 Å². The summed E-state index contributed by atoms with van der Waals surface area (Å²) in [5, 5.41) is 0. The number of rotatable bonds is 11. The van der Waals surface area contributed by atoms with Crippen LogP contribution in [-0.2, 0) is 43.5 Å². The first-order chi connectivity index (χ1) is 17.7.